The molecule has 0 bridgehead atoms. The molecule has 0 spiro atoms. The van der Waals surface area contributed by atoms with E-state index in [2.05, 4.69) is 5.32 Å². The van der Waals surface area contributed by atoms with Gasteiger partial charge in [-0.2, -0.15) is 4.31 Å². The summed E-state index contributed by atoms with van der Waals surface area (Å²) in [5, 5.41) is 3.16. The lowest BCUT2D eigenvalue weighted by Crippen LogP contribution is -2.30. The van der Waals surface area contributed by atoms with E-state index < -0.39 is 26.6 Å². The van der Waals surface area contributed by atoms with Crippen LogP contribution in [-0.4, -0.2) is 44.9 Å². The fourth-order valence-electron chi connectivity index (χ4n) is 2.90. The quantitative estimate of drug-likeness (QED) is 0.690. The summed E-state index contributed by atoms with van der Waals surface area (Å²) in [4.78, 5) is 11.8. The topological polar surface area (TPSA) is 75.7 Å². The second kappa shape index (κ2) is 8.89. The van der Waals surface area contributed by atoms with Crippen LogP contribution in [0.25, 0.3) is 0 Å². The Morgan fingerprint density at radius 3 is 2.64 bits per heavy atom. The van der Waals surface area contributed by atoms with Crippen molar-refractivity contribution in [2.75, 3.05) is 26.2 Å². The summed E-state index contributed by atoms with van der Waals surface area (Å²) in [6, 6.07) is 10.2. The molecule has 6 nitrogen and oxygen atoms in total. The van der Waals surface area contributed by atoms with E-state index in [0.29, 0.717) is 23.9 Å². The highest BCUT2D eigenvalue weighted by Gasteiger charge is 2.30. The highest BCUT2D eigenvalue weighted by atomic mass is 35.5. The normalized spacial score (nSPS) is 14.8. The Bertz CT molecular complexity index is 962. The summed E-state index contributed by atoms with van der Waals surface area (Å²) < 4.78 is 46.1. The summed E-state index contributed by atoms with van der Waals surface area (Å²) in [5.74, 6) is -0.803. The van der Waals surface area contributed by atoms with Crippen molar-refractivity contribution in [2.45, 2.75) is 17.7 Å². The van der Waals surface area contributed by atoms with Crippen molar-refractivity contribution in [3.8, 4) is 5.75 Å². The number of carbonyl (C=O) groups excluding carboxylic acids is 1. The van der Waals surface area contributed by atoms with Gasteiger partial charge in [0, 0.05) is 23.7 Å². The number of hydrogen-bond acceptors (Lipinski definition) is 4. The Kier molecular flexibility index (Phi) is 6.53. The van der Waals surface area contributed by atoms with E-state index in [4.69, 9.17) is 16.3 Å². The Balaban J connectivity index is 1.62. The fourth-order valence-corrected chi connectivity index (χ4v) is 4.69. The molecule has 28 heavy (non-hydrogen) atoms. The molecule has 9 heteroatoms. The van der Waals surface area contributed by atoms with Crippen LogP contribution in [0.5, 0.6) is 5.75 Å². The third-order valence-corrected chi connectivity index (χ3v) is 6.48. The van der Waals surface area contributed by atoms with Crippen molar-refractivity contribution in [3.63, 3.8) is 0 Å². The molecule has 2 aromatic carbocycles. The Morgan fingerprint density at radius 1 is 1.18 bits per heavy atom. The number of amides is 1. The number of nitrogens with one attached hydrogen (secondary N) is 1. The molecule has 0 saturated carbocycles. The molecule has 150 valence electrons. The van der Waals surface area contributed by atoms with Gasteiger partial charge < -0.3 is 10.1 Å². The summed E-state index contributed by atoms with van der Waals surface area (Å²) in [6.45, 7) is 1.11. The smallest absolute Gasteiger partial charge is 0.251 e. The van der Waals surface area contributed by atoms with Crippen molar-refractivity contribution < 1.29 is 22.3 Å². The third kappa shape index (κ3) is 4.81. The molecule has 1 saturated heterocycles. The van der Waals surface area contributed by atoms with E-state index >= 15 is 0 Å². The maximum Gasteiger partial charge on any atom is 0.251 e. The molecular formula is C19H20ClFN2O4S. The average Bonchev–Trinajstić information content (AvgIpc) is 3.21. The minimum absolute atomic E-state index is 0.0712. The molecule has 1 aliphatic heterocycles. The van der Waals surface area contributed by atoms with E-state index in [1.54, 1.807) is 24.3 Å². The molecule has 1 aliphatic rings. The van der Waals surface area contributed by atoms with Crippen molar-refractivity contribution in [3.05, 3.63) is 58.9 Å². The highest BCUT2D eigenvalue weighted by molar-refractivity contribution is 7.89. The second-order valence-corrected chi connectivity index (χ2v) is 8.66. The maximum absolute atomic E-state index is 14.1. The van der Waals surface area contributed by atoms with E-state index in [1.165, 1.54) is 10.4 Å². The summed E-state index contributed by atoms with van der Waals surface area (Å²) in [6.07, 6.45) is 1.49. The largest absolute Gasteiger partial charge is 0.492 e. The van der Waals surface area contributed by atoms with Gasteiger partial charge in [0.25, 0.3) is 5.91 Å². The molecule has 0 unspecified atom stereocenters. The van der Waals surface area contributed by atoms with E-state index in [9.17, 15) is 17.6 Å². The van der Waals surface area contributed by atoms with Crippen LogP contribution in [0.1, 0.15) is 23.2 Å². The minimum atomic E-state index is -3.95. The number of benzene rings is 2. The van der Waals surface area contributed by atoms with Gasteiger partial charge in [-0.15, -0.1) is 0 Å². The Hall–Kier alpha value is -2.16. The number of rotatable bonds is 7. The Labute approximate surface area is 168 Å². The van der Waals surface area contributed by atoms with Gasteiger partial charge in [0.2, 0.25) is 10.0 Å². The standard InChI is InChI=1S/C19H20ClFN2O4S/c20-15-4-3-5-16(13-15)27-11-8-22-19(24)14-6-7-17(21)18(12-14)28(25,26)23-9-1-2-10-23/h3-7,12-13H,1-2,8-11H2,(H,22,24). The van der Waals surface area contributed by atoms with Crippen LogP contribution in [0.2, 0.25) is 5.02 Å². The molecule has 2 aromatic rings. The third-order valence-electron chi connectivity index (χ3n) is 4.33. The predicted molar refractivity (Wildman–Crippen MR) is 104 cm³/mol. The van der Waals surface area contributed by atoms with Gasteiger partial charge >= 0.3 is 0 Å². The van der Waals surface area contributed by atoms with Gasteiger partial charge in [0.1, 0.15) is 23.1 Å². The van der Waals surface area contributed by atoms with Gasteiger partial charge in [-0.05, 0) is 49.2 Å². The van der Waals surface area contributed by atoms with E-state index in [1.807, 2.05) is 0 Å². The molecule has 0 atom stereocenters. The number of halogens is 2. The van der Waals surface area contributed by atoms with Gasteiger partial charge in [-0.25, -0.2) is 12.8 Å². The van der Waals surface area contributed by atoms with Gasteiger partial charge in [-0.3, -0.25) is 4.79 Å². The molecule has 1 heterocycles. The Morgan fingerprint density at radius 2 is 1.93 bits per heavy atom. The first-order chi connectivity index (χ1) is 13.4. The molecular weight excluding hydrogens is 407 g/mol. The zero-order chi connectivity index (χ0) is 20.1. The molecule has 1 amide bonds. The van der Waals surface area contributed by atoms with Crippen LogP contribution in [0.3, 0.4) is 0 Å². The fraction of sp³-hybridized carbons (Fsp3) is 0.316. The van der Waals surface area contributed by atoms with Crippen molar-refractivity contribution >= 4 is 27.5 Å². The zero-order valence-corrected chi connectivity index (χ0v) is 16.6. The van der Waals surface area contributed by atoms with Crippen molar-refractivity contribution in [1.82, 2.24) is 9.62 Å². The number of hydrogen-bond donors (Lipinski definition) is 1. The molecule has 1 N–H and O–H groups in total. The number of nitrogens with zero attached hydrogens (tertiary/aromatic N) is 1. The summed E-state index contributed by atoms with van der Waals surface area (Å²) >= 11 is 5.87. The number of carbonyl (C=O) groups is 1. The molecule has 0 radical (unpaired) electrons. The second-order valence-electron chi connectivity index (χ2n) is 6.32. The molecule has 0 aliphatic carbocycles. The maximum atomic E-state index is 14.1. The van der Waals surface area contributed by atoms with Gasteiger partial charge in [0.05, 0.1) is 6.54 Å². The molecule has 0 aromatic heterocycles. The monoisotopic (exact) mass is 426 g/mol. The molecule has 3 rings (SSSR count). The zero-order valence-electron chi connectivity index (χ0n) is 15.0. The van der Waals surface area contributed by atoms with E-state index in [0.717, 1.165) is 25.0 Å². The lowest BCUT2D eigenvalue weighted by atomic mass is 10.2. The van der Waals surface area contributed by atoms with Crippen LogP contribution < -0.4 is 10.1 Å². The van der Waals surface area contributed by atoms with Gasteiger partial charge in [-0.1, -0.05) is 17.7 Å². The minimum Gasteiger partial charge on any atom is -0.492 e. The van der Waals surface area contributed by atoms with Crippen LogP contribution in [-0.2, 0) is 10.0 Å². The number of sulfonamides is 1. The van der Waals surface area contributed by atoms with Crippen LogP contribution in [0.15, 0.2) is 47.4 Å². The average molecular weight is 427 g/mol. The highest BCUT2D eigenvalue weighted by Crippen LogP contribution is 2.24. The first kappa shape index (κ1) is 20.6. The van der Waals surface area contributed by atoms with Crippen molar-refractivity contribution in [1.29, 1.82) is 0 Å². The first-order valence-electron chi connectivity index (χ1n) is 8.84. The first-order valence-corrected chi connectivity index (χ1v) is 10.7. The van der Waals surface area contributed by atoms with E-state index in [-0.39, 0.29) is 18.7 Å². The summed E-state index contributed by atoms with van der Waals surface area (Å²) in [7, 11) is -3.95. The predicted octanol–water partition coefficient (Wildman–Crippen LogP) is 3.07. The lowest BCUT2D eigenvalue weighted by Gasteiger charge is -2.16. The van der Waals surface area contributed by atoms with Crippen LogP contribution in [0, 0.1) is 5.82 Å². The number of ether oxygens (including phenoxy) is 1. The lowest BCUT2D eigenvalue weighted by molar-refractivity contribution is 0.0946. The SMILES string of the molecule is O=C(NCCOc1cccc(Cl)c1)c1ccc(F)c(S(=O)(=O)N2CCCC2)c1. The van der Waals surface area contributed by atoms with Crippen molar-refractivity contribution in [2.24, 2.45) is 0 Å². The molecule has 1 fully saturated rings. The van der Waals surface area contributed by atoms with Crippen LogP contribution in [0.4, 0.5) is 4.39 Å². The van der Waals surface area contributed by atoms with Crippen LogP contribution >= 0.6 is 11.6 Å². The van der Waals surface area contributed by atoms with Gasteiger partial charge in [0.15, 0.2) is 0 Å². The summed E-state index contributed by atoms with van der Waals surface area (Å²) in [5.41, 5.74) is 0.0712.